The van der Waals surface area contributed by atoms with Gasteiger partial charge in [0, 0.05) is 29.9 Å². The number of hydrogen-bond donors (Lipinski definition) is 2. The number of nitrogens with zero attached hydrogens (tertiary/aromatic N) is 3. The first-order valence-corrected chi connectivity index (χ1v) is 13.8. The molecule has 1 aliphatic rings. The fourth-order valence-corrected chi connectivity index (χ4v) is 5.87. The van der Waals surface area contributed by atoms with E-state index in [1.807, 2.05) is 24.3 Å². The molecule has 0 atom stereocenters. The van der Waals surface area contributed by atoms with E-state index in [2.05, 4.69) is 43.0 Å². The van der Waals surface area contributed by atoms with Crippen LogP contribution in [0.1, 0.15) is 50.7 Å². The van der Waals surface area contributed by atoms with Gasteiger partial charge in [-0.15, -0.1) is 10.6 Å². The maximum absolute atomic E-state index is 10.9. The average Bonchev–Trinajstić information content (AvgIpc) is 3.12. The molecule has 2 aromatic rings. The average molecular weight is 500 g/mol. The topological polar surface area (TPSA) is 91.3 Å². The molecule has 0 unspecified atom stereocenters. The molecule has 0 radical (unpaired) electrons. The first-order chi connectivity index (χ1) is 17.5. The van der Waals surface area contributed by atoms with Gasteiger partial charge in [0.2, 0.25) is 0 Å². The summed E-state index contributed by atoms with van der Waals surface area (Å²) in [4.78, 5) is 2.98. The van der Waals surface area contributed by atoms with Gasteiger partial charge in [0.15, 0.2) is 0 Å². The van der Waals surface area contributed by atoms with E-state index in [0.29, 0.717) is 10.5 Å². The van der Waals surface area contributed by atoms with Gasteiger partial charge in [-0.05, 0) is 42.7 Å². The van der Waals surface area contributed by atoms with E-state index in [1.54, 1.807) is 42.5 Å². The molecule has 2 N–H and O–H groups in total. The fraction of sp³-hybridized carbons (Fsp3) is 0.267. The van der Waals surface area contributed by atoms with E-state index in [4.69, 9.17) is 0 Å². The van der Waals surface area contributed by atoms with E-state index < -0.39 is 10.6 Å². The summed E-state index contributed by atoms with van der Waals surface area (Å²) >= 11 is 0. The van der Waals surface area contributed by atoms with Crippen molar-refractivity contribution in [1.82, 2.24) is 0 Å². The zero-order valence-corrected chi connectivity index (χ0v) is 21.7. The molecule has 0 amide bonds. The SMILES string of the molecule is CCCCN(CCCC)c1ccc(/C=C/C=C/C=C2\C(=C(C#N)C#N)c3ccccc3S2(O)O)cc1. The lowest BCUT2D eigenvalue weighted by molar-refractivity contribution is 0.499. The Labute approximate surface area is 216 Å². The number of rotatable bonds is 10. The molecule has 1 heterocycles. The number of unbranched alkanes of at least 4 members (excludes halogenated alkanes) is 2. The Balaban J connectivity index is 1.78. The fourth-order valence-electron chi connectivity index (χ4n) is 4.13. The van der Waals surface area contributed by atoms with E-state index in [-0.39, 0.29) is 16.1 Å². The van der Waals surface area contributed by atoms with Crippen LogP contribution in [0.3, 0.4) is 0 Å². The number of benzene rings is 2. The first kappa shape index (κ1) is 27.0. The van der Waals surface area contributed by atoms with Crippen LogP contribution < -0.4 is 4.90 Å². The van der Waals surface area contributed by atoms with Crippen LogP contribution in [0, 0.1) is 22.7 Å². The number of fused-ring (bicyclic) bond motifs is 1. The highest BCUT2D eigenvalue weighted by Gasteiger charge is 2.37. The van der Waals surface area contributed by atoms with Gasteiger partial charge < -0.3 is 4.90 Å². The third-order valence-electron chi connectivity index (χ3n) is 6.07. The molecule has 0 fully saturated rings. The standard InChI is InChI=1S/C30H33N3O2S/c1-3-5-20-33(21-6-4-2)26-18-16-24(17-19-26)12-8-7-9-15-29-30(25(22-31)23-32)27-13-10-11-14-28(27)36(29,34)35/h7-19,34-35H,3-6,20-21H2,1-2H3/b9-7+,12-8+,29-15+. The molecule has 6 heteroatoms. The van der Waals surface area contributed by atoms with Crippen LogP contribution in [-0.2, 0) is 0 Å². The first-order valence-electron chi connectivity index (χ1n) is 12.3. The molecule has 0 saturated heterocycles. The predicted octanol–water partition coefficient (Wildman–Crippen LogP) is 8.17. The highest BCUT2D eigenvalue weighted by molar-refractivity contribution is 8.28. The zero-order valence-electron chi connectivity index (χ0n) is 20.9. The molecule has 0 aromatic heterocycles. The number of nitriles is 2. The molecule has 0 aliphatic carbocycles. The molecule has 1 aliphatic heterocycles. The summed E-state index contributed by atoms with van der Waals surface area (Å²) in [6, 6.07) is 19.1. The van der Waals surface area contributed by atoms with Crippen molar-refractivity contribution in [3.05, 3.63) is 94.4 Å². The van der Waals surface area contributed by atoms with Crippen molar-refractivity contribution in [2.45, 2.75) is 44.4 Å². The van der Waals surface area contributed by atoms with Gasteiger partial charge >= 0.3 is 0 Å². The molecule has 5 nitrogen and oxygen atoms in total. The van der Waals surface area contributed by atoms with Gasteiger partial charge in [-0.25, -0.2) is 0 Å². The van der Waals surface area contributed by atoms with Crippen LogP contribution in [0.5, 0.6) is 0 Å². The Morgan fingerprint density at radius 3 is 2.14 bits per heavy atom. The van der Waals surface area contributed by atoms with Crippen LogP contribution in [0.2, 0.25) is 0 Å². The second-order valence-corrected chi connectivity index (χ2v) is 10.6. The molecule has 186 valence electrons. The van der Waals surface area contributed by atoms with Crippen molar-refractivity contribution in [1.29, 1.82) is 10.5 Å². The monoisotopic (exact) mass is 499 g/mol. The number of allylic oxidation sites excluding steroid dienone is 6. The van der Waals surface area contributed by atoms with E-state index >= 15 is 0 Å². The highest BCUT2D eigenvalue weighted by Crippen LogP contribution is 2.67. The Hall–Kier alpha value is -3.55. The van der Waals surface area contributed by atoms with E-state index in [1.165, 1.54) is 31.4 Å². The maximum atomic E-state index is 10.9. The van der Waals surface area contributed by atoms with Crippen molar-refractivity contribution < 1.29 is 9.11 Å². The molecule has 3 rings (SSSR count). The molecule has 0 spiro atoms. The Morgan fingerprint density at radius 1 is 0.889 bits per heavy atom. The second-order valence-electron chi connectivity index (χ2n) is 8.58. The van der Waals surface area contributed by atoms with Gasteiger partial charge in [-0.2, -0.15) is 10.5 Å². The van der Waals surface area contributed by atoms with Gasteiger partial charge in [0.1, 0.15) is 17.7 Å². The zero-order chi connectivity index (χ0) is 26.0. The smallest absolute Gasteiger partial charge is 0.139 e. The minimum absolute atomic E-state index is 0.137. The summed E-state index contributed by atoms with van der Waals surface area (Å²) in [5, 5.41) is 18.9. The van der Waals surface area contributed by atoms with Crippen LogP contribution in [0.4, 0.5) is 5.69 Å². The summed E-state index contributed by atoms with van der Waals surface area (Å²) in [6.45, 7) is 6.57. The molecule has 2 aromatic carbocycles. The minimum Gasteiger partial charge on any atom is -0.372 e. The molecular weight excluding hydrogens is 466 g/mol. The van der Waals surface area contributed by atoms with Crippen LogP contribution in [0.25, 0.3) is 11.6 Å². The third-order valence-corrected chi connectivity index (χ3v) is 7.99. The van der Waals surface area contributed by atoms with Crippen molar-refractivity contribution in [2.24, 2.45) is 0 Å². The summed E-state index contributed by atoms with van der Waals surface area (Å²) in [5.41, 5.74) is 2.97. The Kier molecular flexibility index (Phi) is 9.73. The summed E-state index contributed by atoms with van der Waals surface area (Å²) in [5.74, 6) is 0. The summed E-state index contributed by atoms with van der Waals surface area (Å²) in [6.07, 6.45) is 13.7. The normalized spacial score (nSPS) is 16.2. The Bertz CT molecular complexity index is 1230. The third kappa shape index (κ3) is 6.17. The molecular formula is C30H33N3O2S. The van der Waals surface area contributed by atoms with Crippen LogP contribution >= 0.6 is 10.6 Å². The van der Waals surface area contributed by atoms with Crippen molar-refractivity contribution >= 4 is 27.9 Å². The second kappa shape index (κ2) is 13.0. The quantitative estimate of drug-likeness (QED) is 0.254. The summed E-state index contributed by atoms with van der Waals surface area (Å²) in [7, 11) is -3.31. The predicted molar refractivity (Wildman–Crippen MR) is 150 cm³/mol. The number of anilines is 1. The van der Waals surface area contributed by atoms with E-state index in [9.17, 15) is 19.6 Å². The molecule has 36 heavy (non-hydrogen) atoms. The maximum Gasteiger partial charge on any atom is 0.139 e. The van der Waals surface area contributed by atoms with E-state index in [0.717, 1.165) is 18.7 Å². The number of hydrogen-bond acceptors (Lipinski definition) is 5. The van der Waals surface area contributed by atoms with Crippen molar-refractivity contribution in [3.63, 3.8) is 0 Å². The minimum atomic E-state index is -3.31. The Morgan fingerprint density at radius 2 is 1.53 bits per heavy atom. The van der Waals surface area contributed by atoms with Gasteiger partial charge in [-0.3, -0.25) is 9.11 Å². The lowest BCUT2D eigenvalue weighted by Crippen LogP contribution is -2.25. The van der Waals surface area contributed by atoms with Gasteiger partial charge in [0.25, 0.3) is 0 Å². The molecule has 0 bridgehead atoms. The lowest BCUT2D eigenvalue weighted by Gasteiger charge is -2.29. The van der Waals surface area contributed by atoms with Gasteiger partial charge in [-0.1, -0.05) is 81.3 Å². The van der Waals surface area contributed by atoms with Crippen LogP contribution in [-0.4, -0.2) is 22.2 Å². The van der Waals surface area contributed by atoms with Crippen LogP contribution in [0.15, 0.2) is 88.2 Å². The highest BCUT2D eigenvalue weighted by atomic mass is 32.3. The largest absolute Gasteiger partial charge is 0.372 e. The van der Waals surface area contributed by atoms with Crippen molar-refractivity contribution in [2.75, 3.05) is 18.0 Å². The summed E-state index contributed by atoms with van der Waals surface area (Å²) < 4.78 is 21.8. The lowest BCUT2D eigenvalue weighted by atomic mass is 10.0. The van der Waals surface area contributed by atoms with Gasteiger partial charge in [0.05, 0.1) is 9.80 Å². The van der Waals surface area contributed by atoms with Crippen molar-refractivity contribution in [3.8, 4) is 12.1 Å². The molecule has 0 saturated carbocycles.